The quantitative estimate of drug-likeness (QED) is 0.625. The van der Waals surface area contributed by atoms with E-state index < -0.39 is 11.5 Å². The van der Waals surface area contributed by atoms with Crippen LogP contribution in [0.3, 0.4) is 0 Å². The summed E-state index contributed by atoms with van der Waals surface area (Å²) in [4.78, 5) is 24.6. The molecule has 1 fully saturated rings. The van der Waals surface area contributed by atoms with E-state index >= 15 is 0 Å². The summed E-state index contributed by atoms with van der Waals surface area (Å²) in [5.74, 6) is -0.560. The maximum absolute atomic E-state index is 11.8. The average Bonchev–Trinajstić information content (AvgIpc) is 2.61. The van der Waals surface area contributed by atoms with E-state index in [1.807, 2.05) is 0 Å². The fraction of sp³-hybridized carbons (Fsp3) is 0.800. The molecular weight excluding hydrogens is 210 g/mol. The van der Waals surface area contributed by atoms with Crippen molar-refractivity contribution < 1.29 is 14.3 Å². The molecule has 0 bridgehead atoms. The summed E-state index contributed by atoms with van der Waals surface area (Å²) in [6.07, 6.45) is 0.591. The lowest BCUT2D eigenvalue weighted by Gasteiger charge is -2.23. The highest BCUT2D eigenvalue weighted by molar-refractivity contribution is 5.85. The van der Waals surface area contributed by atoms with Crippen molar-refractivity contribution in [1.29, 1.82) is 0 Å². The zero-order valence-corrected chi connectivity index (χ0v) is 9.73. The molecule has 0 saturated carbocycles. The van der Waals surface area contributed by atoms with Crippen LogP contribution in [-0.2, 0) is 14.3 Å². The Kier molecular flexibility index (Phi) is 3.88. The van der Waals surface area contributed by atoms with Crippen molar-refractivity contribution in [3.63, 3.8) is 0 Å². The lowest BCUT2D eigenvalue weighted by molar-refractivity contribution is -0.133. The van der Waals surface area contributed by atoms with E-state index in [0.717, 1.165) is 0 Å². The van der Waals surface area contributed by atoms with Gasteiger partial charge in [-0.25, -0.2) is 0 Å². The first-order valence-electron chi connectivity index (χ1n) is 5.24. The molecule has 1 heterocycles. The van der Waals surface area contributed by atoms with Crippen LogP contribution in [0.25, 0.3) is 0 Å². The number of ether oxygens (including phenoxy) is 1. The Morgan fingerprint density at radius 2 is 2.19 bits per heavy atom. The molecule has 2 amide bonds. The standard InChI is InChI=1S/C10H19N3O3/c1-10(9(12)15)3-4-13(6-10)8(14)7(11)5-16-2/h7H,3-6,11H2,1-2H3,(H2,12,15). The van der Waals surface area contributed by atoms with E-state index in [1.165, 1.54) is 7.11 Å². The number of carbonyl (C=O) groups excluding carboxylic acids is 2. The van der Waals surface area contributed by atoms with Crippen LogP contribution in [-0.4, -0.2) is 49.6 Å². The molecule has 0 aromatic rings. The fourth-order valence-corrected chi connectivity index (χ4v) is 1.84. The van der Waals surface area contributed by atoms with Gasteiger partial charge in [-0.2, -0.15) is 0 Å². The molecule has 92 valence electrons. The van der Waals surface area contributed by atoms with Crippen molar-refractivity contribution >= 4 is 11.8 Å². The van der Waals surface area contributed by atoms with Crippen LogP contribution in [0.1, 0.15) is 13.3 Å². The molecule has 16 heavy (non-hydrogen) atoms. The Hall–Kier alpha value is -1.14. The van der Waals surface area contributed by atoms with Gasteiger partial charge in [-0.1, -0.05) is 0 Å². The van der Waals surface area contributed by atoms with Crippen molar-refractivity contribution in [2.75, 3.05) is 26.8 Å². The predicted octanol–water partition coefficient (Wildman–Crippen LogP) is -1.32. The number of nitrogens with zero attached hydrogens (tertiary/aromatic N) is 1. The minimum atomic E-state index is -0.666. The first kappa shape index (κ1) is 12.9. The maximum atomic E-state index is 11.8. The summed E-state index contributed by atoms with van der Waals surface area (Å²) in [5.41, 5.74) is 10.3. The molecule has 6 nitrogen and oxygen atoms in total. The molecule has 2 unspecified atom stereocenters. The lowest BCUT2D eigenvalue weighted by atomic mass is 9.89. The van der Waals surface area contributed by atoms with Crippen molar-refractivity contribution in [2.45, 2.75) is 19.4 Å². The fourth-order valence-electron chi connectivity index (χ4n) is 1.84. The van der Waals surface area contributed by atoms with Gasteiger partial charge in [0.1, 0.15) is 6.04 Å². The maximum Gasteiger partial charge on any atom is 0.241 e. The first-order chi connectivity index (χ1) is 7.40. The number of methoxy groups -OCH3 is 1. The number of carbonyl (C=O) groups is 2. The highest BCUT2D eigenvalue weighted by Crippen LogP contribution is 2.29. The number of amides is 2. The molecule has 0 aromatic heterocycles. The number of nitrogens with two attached hydrogens (primary N) is 2. The SMILES string of the molecule is COCC(N)C(=O)N1CCC(C)(C(N)=O)C1. The van der Waals surface area contributed by atoms with Crippen LogP contribution >= 0.6 is 0 Å². The Labute approximate surface area is 94.9 Å². The zero-order valence-electron chi connectivity index (χ0n) is 9.73. The minimum Gasteiger partial charge on any atom is -0.383 e. The normalized spacial score (nSPS) is 26.8. The highest BCUT2D eigenvalue weighted by atomic mass is 16.5. The predicted molar refractivity (Wildman–Crippen MR) is 58.3 cm³/mol. The lowest BCUT2D eigenvalue weighted by Crippen LogP contribution is -2.46. The van der Waals surface area contributed by atoms with Gasteiger partial charge in [0.2, 0.25) is 11.8 Å². The number of primary amides is 1. The highest BCUT2D eigenvalue weighted by Gasteiger charge is 2.41. The third kappa shape index (κ3) is 2.51. The smallest absolute Gasteiger partial charge is 0.241 e. The van der Waals surface area contributed by atoms with Gasteiger partial charge >= 0.3 is 0 Å². The van der Waals surface area contributed by atoms with Crippen LogP contribution in [0.15, 0.2) is 0 Å². The number of hydrogen-bond acceptors (Lipinski definition) is 4. The van der Waals surface area contributed by atoms with E-state index in [2.05, 4.69) is 0 Å². The summed E-state index contributed by atoms with van der Waals surface area (Å²) in [6.45, 7) is 2.82. The van der Waals surface area contributed by atoms with Crippen LogP contribution < -0.4 is 11.5 Å². The first-order valence-corrected chi connectivity index (χ1v) is 5.24. The van der Waals surface area contributed by atoms with Crippen molar-refractivity contribution in [2.24, 2.45) is 16.9 Å². The molecule has 0 aliphatic carbocycles. The second kappa shape index (κ2) is 4.80. The number of hydrogen-bond donors (Lipinski definition) is 2. The van der Waals surface area contributed by atoms with Crippen molar-refractivity contribution in [3.05, 3.63) is 0 Å². The van der Waals surface area contributed by atoms with Gasteiger partial charge in [-0.15, -0.1) is 0 Å². The van der Waals surface area contributed by atoms with Gasteiger partial charge < -0.3 is 21.1 Å². The largest absolute Gasteiger partial charge is 0.383 e. The van der Waals surface area contributed by atoms with Crippen molar-refractivity contribution in [3.8, 4) is 0 Å². The molecule has 1 aliphatic heterocycles. The van der Waals surface area contributed by atoms with Gasteiger partial charge in [-0.3, -0.25) is 9.59 Å². The average molecular weight is 229 g/mol. The number of likely N-dealkylation sites (tertiary alicyclic amines) is 1. The molecule has 0 radical (unpaired) electrons. The Bertz CT molecular complexity index is 295. The molecule has 4 N–H and O–H groups in total. The van der Waals surface area contributed by atoms with E-state index in [-0.39, 0.29) is 18.4 Å². The summed E-state index contributed by atoms with van der Waals surface area (Å²) in [7, 11) is 1.49. The molecule has 0 aromatic carbocycles. The Morgan fingerprint density at radius 1 is 1.56 bits per heavy atom. The van der Waals surface area contributed by atoms with Crippen LogP contribution in [0.4, 0.5) is 0 Å². The molecule has 1 rings (SSSR count). The second-order valence-electron chi connectivity index (χ2n) is 4.50. The molecule has 6 heteroatoms. The molecule has 1 saturated heterocycles. The third-order valence-corrected chi connectivity index (χ3v) is 3.04. The minimum absolute atomic E-state index is 0.183. The van der Waals surface area contributed by atoms with Gasteiger partial charge in [0, 0.05) is 20.2 Å². The topological polar surface area (TPSA) is 98.7 Å². The van der Waals surface area contributed by atoms with Gasteiger partial charge in [0.25, 0.3) is 0 Å². The van der Waals surface area contributed by atoms with Crippen molar-refractivity contribution in [1.82, 2.24) is 4.90 Å². The van der Waals surface area contributed by atoms with Crippen LogP contribution in [0.2, 0.25) is 0 Å². The van der Waals surface area contributed by atoms with E-state index in [1.54, 1.807) is 11.8 Å². The van der Waals surface area contributed by atoms with Gasteiger partial charge in [-0.05, 0) is 13.3 Å². The second-order valence-corrected chi connectivity index (χ2v) is 4.50. The molecular formula is C10H19N3O3. The van der Waals surface area contributed by atoms with Crippen LogP contribution in [0.5, 0.6) is 0 Å². The van der Waals surface area contributed by atoms with Gasteiger partial charge in [0.15, 0.2) is 0 Å². The third-order valence-electron chi connectivity index (χ3n) is 3.04. The molecule has 0 spiro atoms. The van der Waals surface area contributed by atoms with Gasteiger partial charge in [0.05, 0.1) is 12.0 Å². The molecule has 1 aliphatic rings. The van der Waals surface area contributed by atoms with Crippen LogP contribution in [0, 0.1) is 5.41 Å². The number of rotatable bonds is 4. The van der Waals surface area contributed by atoms with E-state index in [9.17, 15) is 9.59 Å². The monoisotopic (exact) mass is 229 g/mol. The summed E-state index contributed by atoms with van der Waals surface area (Å²) < 4.78 is 4.82. The summed E-state index contributed by atoms with van der Waals surface area (Å²) >= 11 is 0. The molecule has 2 atom stereocenters. The zero-order chi connectivity index (χ0) is 12.3. The summed E-state index contributed by atoms with van der Waals surface area (Å²) in [6, 6.07) is -0.666. The Balaban J connectivity index is 2.59. The van der Waals surface area contributed by atoms with E-state index in [0.29, 0.717) is 19.5 Å². The summed E-state index contributed by atoms with van der Waals surface area (Å²) in [5, 5.41) is 0. The Morgan fingerprint density at radius 3 is 2.62 bits per heavy atom. The van der Waals surface area contributed by atoms with E-state index in [4.69, 9.17) is 16.2 Å².